The SMILES string of the molecule is O=c1nc(-c2ccccc2)c2ccc(-c3cccc(N4CCOCC4)c3)cc2[nH]1. The van der Waals surface area contributed by atoms with Crippen molar-refractivity contribution in [3.05, 3.63) is 83.3 Å². The van der Waals surface area contributed by atoms with Crippen LogP contribution < -0.4 is 10.6 Å². The second-order valence-corrected chi connectivity index (χ2v) is 7.17. The van der Waals surface area contributed by atoms with Crippen molar-refractivity contribution in [1.82, 2.24) is 9.97 Å². The highest BCUT2D eigenvalue weighted by Crippen LogP contribution is 2.30. The zero-order valence-electron chi connectivity index (χ0n) is 16.0. The lowest BCUT2D eigenvalue weighted by Crippen LogP contribution is -2.36. The quantitative estimate of drug-likeness (QED) is 0.579. The predicted molar refractivity (Wildman–Crippen MR) is 116 cm³/mol. The first-order valence-electron chi connectivity index (χ1n) is 9.80. The van der Waals surface area contributed by atoms with Crippen molar-refractivity contribution < 1.29 is 4.74 Å². The van der Waals surface area contributed by atoms with Crippen LogP contribution in [0.4, 0.5) is 5.69 Å². The van der Waals surface area contributed by atoms with Crippen LogP contribution in [0, 0.1) is 0 Å². The molecule has 144 valence electrons. The molecule has 1 fully saturated rings. The minimum absolute atomic E-state index is 0.337. The van der Waals surface area contributed by atoms with Crippen molar-refractivity contribution in [3.63, 3.8) is 0 Å². The second-order valence-electron chi connectivity index (χ2n) is 7.17. The average Bonchev–Trinajstić information content (AvgIpc) is 2.79. The molecule has 0 amide bonds. The van der Waals surface area contributed by atoms with E-state index in [0.717, 1.165) is 53.9 Å². The van der Waals surface area contributed by atoms with Crippen molar-refractivity contribution in [2.45, 2.75) is 0 Å². The normalized spacial score (nSPS) is 14.3. The number of ether oxygens (including phenoxy) is 1. The summed E-state index contributed by atoms with van der Waals surface area (Å²) in [7, 11) is 0. The summed E-state index contributed by atoms with van der Waals surface area (Å²) in [6.07, 6.45) is 0. The standard InChI is InChI=1S/C24H21N3O2/c28-24-25-22-16-19(9-10-21(22)23(26-24)17-5-2-1-3-6-17)18-7-4-8-20(15-18)27-11-13-29-14-12-27/h1-10,15-16H,11-14H2,(H,25,26,28). The molecule has 3 aromatic carbocycles. The highest BCUT2D eigenvalue weighted by molar-refractivity contribution is 5.94. The Labute approximate surface area is 168 Å². The maximum Gasteiger partial charge on any atom is 0.345 e. The van der Waals surface area contributed by atoms with Gasteiger partial charge in [-0.25, -0.2) is 4.79 Å². The van der Waals surface area contributed by atoms with E-state index in [1.165, 1.54) is 5.69 Å². The van der Waals surface area contributed by atoms with Gasteiger partial charge >= 0.3 is 5.69 Å². The van der Waals surface area contributed by atoms with E-state index in [1.807, 2.05) is 42.5 Å². The number of rotatable bonds is 3. The highest BCUT2D eigenvalue weighted by atomic mass is 16.5. The Morgan fingerprint density at radius 2 is 1.59 bits per heavy atom. The third-order valence-corrected chi connectivity index (χ3v) is 5.33. The Bertz CT molecular complexity index is 1210. The van der Waals surface area contributed by atoms with Crippen LogP contribution in [0.25, 0.3) is 33.3 Å². The summed E-state index contributed by atoms with van der Waals surface area (Å²) in [5, 5.41) is 0.934. The molecule has 1 aromatic heterocycles. The van der Waals surface area contributed by atoms with Gasteiger partial charge in [0.2, 0.25) is 0 Å². The van der Waals surface area contributed by atoms with Crippen molar-refractivity contribution >= 4 is 16.6 Å². The fourth-order valence-electron chi connectivity index (χ4n) is 3.86. The summed E-state index contributed by atoms with van der Waals surface area (Å²) in [4.78, 5) is 21.7. The molecule has 0 atom stereocenters. The van der Waals surface area contributed by atoms with Crippen LogP contribution in [0.3, 0.4) is 0 Å². The predicted octanol–water partition coefficient (Wildman–Crippen LogP) is 4.09. The molecule has 0 saturated carbocycles. The molecule has 1 aliphatic heterocycles. The first-order valence-corrected chi connectivity index (χ1v) is 9.80. The average molecular weight is 383 g/mol. The molecule has 5 nitrogen and oxygen atoms in total. The molecule has 0 unspecified atom stereocenters. The first kappa shape index (κ1) is 17.6. The van der Waals surface area contributed by atoms with Gasteiger partial charge in [-0.2, -0.15) is 4.98 Å². The number of fused-ring (bicyclic) bond motifs is 1. The molecule has 0 spiro atoms. The number of hydrogen-bond acceptors (Lipinski definition) is 4. The lowest BCUT2D eigenvalue weighted by molar-refractivity contribution is 0.122. The number of benzene rings is 3. The van der Waals surface area contributed by atoms with E-state index in [4.69, 9.17) is 4.74 Å². The van der Waals surface area contributed by atoms with Gasteiger partial charge in [0.05, 0.1) is 24.4 Å². The summed E-state index contributed by atoms with van der Waals surface area (Å²) >= 11 is 0. The minimum atomic E-state index is -0.337. The number of hydrogen-bond donors (Lipinski definition) is 1. The topological polar surface area (TPSA) is 58.2 Å². The monoisotopic (exact) mass is 383 g/mol. The highest BCUT2D eigenvalue weighted by Gasteiger charge is 2.13. The lowest BCUT2D eigenvalue weighted by atomic mass is 10.0. The van der Waals surface area contributed by atoms with E-state index in [1.54, 1.807) is 0 Å². The molecule has 0 radical (unpaired) electrons. The molecule has 1 aliphatic rings. The number of aromatic amines is 1. The van der Waals surface area contributed by atoms with Gasteiger partial charge < -0.3 is 14.6 Å². The van der Waals surface area contributed by atoms with E-state index < -0.39 is 0 Å². The third-order valence-electron chi connectivity index (χ3n) is 5.33. The summed E-state index contributed by atoms with van der Waals surface area (Å²) in [6, 6.07) is 24.5. The van der Waals surface area contributed by atoms with Gasteiger partial charge in [0, 0.05) is 29.7 Å². The van der Waals surface area contributed by atoms with Crippen molar-refractivity contribution in [3.8, 4) is 22.4 Å². The van der Waals surface area contributed by atoms with E-state index >= 15 is 0 Å². The lowest BCUT2D eigenvalue weighted by Gasteiger charge is -2.29. The maximum absolute atomic E-state index is 12.2. The molecule has 1 N–H and O–H groups in total. The summed E-state index contributed by atoms with van der Waals surface area (Å²) in [5.74, 6) is 0. The molecule has 29 heavy (non-hydrogen) atoms. The minimum Gasteiger partial charge on any atom is -0.378 e. The number of H-pyrrole nitrogens is 1. The first-order chi connectivity index (χ1) is 14.3. The Balaban J connectivity index is 1.58. The van der Waals surface area contributed by atoms with Crippen LogP contribution in [0.15, 0.2) is 77.6 Å². The number of morpholine rings is 1. The molecule has 1 saturated heterocycles. The zero-order chi connectivity index (χ0) is 19.6. The van der Waals surface area contributed by atoms with Crippen molar-refractivity contribution in [1.29, 1.82) is 0 Å². The molecular formula is C24H21N3O2. The number of nitrogens with zero attached hydrogens (tertiary/aromatic N) is 2. The van der Waals surface area contributed by atoms with Gasteiger partial charge in [-0.3, -0.25) is 0 Å². The zero-order valence-corrected chi connectivity index (χ0v) is 16.0. The van der Waals surface area contributed by atoms with Gasteiger partial charge in [-0.1, -0.05) is 54.6 Å². The van der Waals surface area contributed by atoms with E-state index in [9.17, 15) is 4.79 Å². The fraction of sp³-hybridized carbons (Fsp3) is 0.167. The molecule has 0 bridgehead atoms. The van der Waals surface area contributed by atoms with Crippen molar-refractivity contribution in [2.75, 3.05) is 31.2 Å². The Hall–Kier alpha value is -3.44. The Morgan fingerprint density at radius 1 is 0.828 bits per heavy atom. The van der Waals surface area contributed by atoms with E-state index in [2.05, 4.69) is 45.2 Å². The number of aromatic nitrogens is 2. The molecule has 5 rings (SSSR count). The van der Waals surface area contributed by atoms with Gasteiger partial charge in [0.25, 0.3) is 0 Å². The number of anilines is 1. The molecule has 5 heteroatoms. The maximum atomic E-state index is 12.2. The summed E-state index contributed by atoms with van der Waals surface area (Å²) < 4.78 is 5.46. The third kappa shape index (κ3) is 3.52. The Morgan fingerprint density at radius 3 is 2.41 bits per heavy atom. The largest absolute Gasteiger partial charge is 0.378 e. The van der Waals surface area contributed by atoms with Gasteiger partial charge in [-0.15, -0.1) is 0 Å². The molecule has 4 aromatic rings. The van der Waals surface area contributed by atoms with Gasteiger partial charge in [-0.05, 0) is 29.3 Å². The molecular weight excluding hydrogens is 362 g/mol. The second kappa shape index (κ2) is 7.53. The Kier molecular flexibility index (Phi) is 4.58. The van der Waals surface area contributed by atoms with E-state index in [0.29, 0.717) is 5.69 Å². The van der Waals surface area contributed by atoms with Crippen LogP contribution in [0.2, 0.25) is 0 Å². The fourth-order valence-corrected chi connectivity index (χ4v) is 3.86. The summed E-state index contributed by atoms with van der Waals surface area (Å²) in [6.45, 7) is 3.33. The van der Waals surface area contributed by atoms with Crippen LogP contribution in [0.1, 0.15) is 0 Å². The smallest absolute Gasteiger partial charge is 0.345 e. The molecule has 2 heterocycles. The van der Waals surface area contributed by atoms with Crippen LogP contribution in [-0.4, -0.2) is 36.3 Å². The van der Waals surface area contributed by atoms with Crippen LogP contribution in [0.5, 0.6) is 0 Å². The van der Waals surface area contributed by atoms with Crippen molar-refractivity contribution in [2.24, 2.45) is 0 Å². The number of nitrogens with one attached hydrogen (secondary N) is 1. The van der Waals surface area contributed by atoms with E-state index in [-0.39, 0.29) is 5.69 Å². The molecule has 0 aliphatic carbocycles. The van der Waals surface area contributed by atoms with Gasteiger partial charge in [0.15, 0.2) is 0 Å². The van der Waals surface area contributed by atoms with Gasteiger partial charge in [0.1, 0.15) is 0 Å². The van der Waals surface area contributed by atoms with Crippen LogP contribution in [-0.2, 0) is 4.74 Å². The van der Waals surface area contributed by atoms with Crippen LogP contribution >= 0.6 is 0 Å². The summed E-state index contributed by atoms with van der Waals surface area (Å²) in [5.41, 5.74) is 5.47.